The number of nitrogens with zero attached hydrogens (tertiary/aromatic N) is 3. The summed E-state index contributed by atoms with van der Waals surface area (Å²) in [6.07, 6.45) is 0. The van der Waals surface area contributed by atoms with Gasteiger partial charge in [-0.2, -0.15) is 0 Å². The zero-order valence-electron chi connectivity index (χ0n) is 17.2. The van der Waals surface area contributed by atoms with Gasteiger partial charge >= 0.3 is 0 Å². The molecule has 7 nitrogen and oxygen atoms in total. The number of halogens is 1. The number of morpholine rings is 1. The summed E-state index contributed by atoms with van der Waals surface area (Å²) in [5.41, 5.74) is 2.83. The quantitative estimate of drug-likeness (QED) is 0.618. The van der Waals surface area contributed by atoms with Gasteiger partial charge in [-0.25, -0.2) is 4.98 Å². The van der Waals surface area contributed by atoms with Gasteiger partial charge in [0.15, 0.2) is 0 Å². The lowest BCUT2D eigenvalue weighted by Crippen LogP contribution is -2.36. The maximum atomic E-state index is 13.0. The number of carbonyl (C=O) groups is 2. The number of hydrogen-bond donors (Lipinski definition) is 1. The molecule has 1 aliphatic heterocycles. The molecule has 1 aromatic heterocycles. The molecule has 0 spiro atoms. The lowest BCUT2D eigenvalue weighted by molar-refractivity contribution is -0.116. The number of benzene rings is 2. The molecule has 1 aliphatic rings. The van der Waals surface area contributed by atoms with Crippen LogP contribution in [0.1, 0.15) is 10.4 Å². The number of rotatable bonds is 5. The van der Waals surface area contributed by atoms with Gasteiger partial charge in [0.25, 0.3) is 5.91 Å². The van der Waals surface area contributed by atoms with E-state index in [1.54, 1.807) is 13.1 Å². The van der Waals surface area contributed by atoms with E-state index in [9.17, 15) is 9.59 Å². The zero-order valence-corrected chi connectivity index (χ0v) is 17.9. The van der Waals surface area contributed by atoms with Gasteiger partial charge in [0.2, 0.25) is 5.91 Å². The van der Waals surface area contributed by atoms with Crippen molar-refractivity contribution in [3.05, 3.63) is 65.3 Å². The Labute approximate surface area is 185 Å². The number of aromatic nitrogens is 1. The van der Waals surface area contributed by atoms with Crippen LogP contribution in [-0.2, 0) is 9.53 Å². The maximum absolute atomic E-state index is 13.0. The maximum Gasteiger partial charge on any atom is 0.254 e. The van der Waals surface area contributed by atoms with Crippen LogP contribution in [0.3, 0.4) is 0 Å². The molecule has 0 bridgehead atoms. The van der Waals surface area contributed by atoms with Crippen LogP contribution in [0.2, 0.25) is 5.15 Å². The molecule has 1 saturated heterocycles. The van der Waals surface area contributed by atoms with Crippen LogP contribution in [0.15, 0.2) is 54.6 Å². The molecule has 3 aromatic rings. The number of fused-ring (bicyclic) bond motifs is 1. The third-order valence-electron chi connectivity index (χ3n) is 5.17. The largest absolute Gasteiger partial charge is 0.378 e. The van der Waals surface area contributed by atoms with E-state index in [0.717, 1.165) is 32.0 Å². The fourth-order valence-electron chi connectivity index (χ4n) is 3.59. The van der Waals surface area contributed by atoms with Crippen molar-refractivity contribution < 1.29 is 14.3 Å². The van der Waals surface area contributed by atoms with E-state index in [-0.39, 0.29) is 23.5 Å². The molecule has 0 unspecified atom stereocenters. The summed E-state index contributed by atoms with van der Waals surface area (Å²) in [6, 6.07) is 16.5. The Bertz CT molecular complexity index is 1100. The van der Waals surface area contributed by atoms with Gasteiger partial charge in [-0.15, -0.1) is 0 Å². The monoisotopic (exact) mass is 438 g/mol. The van der Waals surface area contributed by atoms with Crippen LogP contribution >= 0.6 is 11.6 Å². The minimum Gasteiger partial charge on any atom is -0.378 e. The molecule has 31 heavy (non-hydrogen) atoms. The Morgan fingerprint density at radius 2 is 1.84 bits per heavy atom. The summed E-state index contributed by atoms with van der Waals surface area (Å²) in [7, 11) is 1.59. The van der Waals surface area contributed by atoms with E-state index in [4.69, 9.17) is 16.3 Å². The number of carbonyl (C=O) groups excluding carboxylic acids is 2. The van der Waals surface area contributed by atoms with Gasteiger partial charge in [0.05, 0.1) is 30.8 Å². The highest BCUT2D eigenvalue weighted by atomic mass is 35.5. The molecule has 1 N–H and O–H groups in total. The van der Waals surface area contributed by atoms with E-state index in [0.29, 0.717) is 22.2 Å². The highest BCUT2D eigenvalue weighted by Gasteiger charge is 2.19. The van der Waals surface area contributed by atoms with Crippen molar-refractivity contribution in [1.29, 1.82) is 0 Å². The Kier molecular flexibility index (Phi) is 6.34. The number of hydrogen-bond acceptors (Lipinski definition) is 5. The molecule has 0 saturated carbocycles. The third kappa shape index (κ3) is 4.95. The number of nitrogens with one attached hydrogen (secondary N) is 1. The summed E-state index contributed by atoms with van der Waals surface area (Å²) < 4.78 is 5.37. The second-order valence-corrected chi connectivity index (χ2v) is 7.75. The van der Waals surface area contributed by atoms with E-state index in [2.05, 4.69) is 15.2 Å². The second kappa shape index (κ2) is 9.32. The fraction of sp³-hybridized carbons (Fsp3) is 0.261. The van der Waals surface area contributed by atoms with Gasteiger partial charge in [-0.3, -0.25) is 9.59 Å². The first-order chi connectivity index (χ1) is 15.0. The second-order valence-electron chi connectivity index (χ2n) is 7.37. The van der Waals surface area contributed by atoms with Crippen molar-refractivity contribution in [3.63, 3.8) is 0 Å². The first kappa shape index (κ1) is 21.1. The van der Waals surface area contributed by atoms with Crippen molar-refractivity contribution in [1.82, 2.24) is 9.88 Å². The van der Waals surface area contributed by atoms with Crippen molar-refractivity contribution >= 4 is 45.7 Å². The molecule has 0 aliphatic carbocycles. The SMILES string of the molecule is CN(CC(=O)Nc1ccc(N2CCOCC2)cc1)C(=O)c1cc(Cl)nc2ccccc12. The van der Waals surface area contributed by atoms with Crippen molar-refractivity contribution in [2.45, 2.75) is 0 Å². The van der Waals surface area contributed by atoms with Gasteiger partial charge in [-0.1, -0.05) is 29.8 Å². The van der Waals surface area contributed by atoms with Gasteiger partial charge in [0, 0.05) is 36.9 Å². The van der Waals surface area contributed by atoms with Crippen LogP contribution in [0.5, 0.6) is 0 Å². The number of para-hydroxylation sites is 1. The molecule has 2 heterocycles. The minimum atomic E-state index is -0.293. The topological polar surface area (TPSA) is 74.8 Å². The molecule has 1 fully saturated rings. The predicted octanol–water partition coefficient (Wildman–Crippen LogP) is 3.44. The van der Waals surface area contributed by atoms with Crippen molar-refractivity contribution in [2.24, 2.45) is 0 Å². The molecular weight excluding hydrogens is 416 g/mol. The molecule has 160 valence electrons. The van der Waals surface area contributed by atoms with E-state index < -0.39 is 0 Å². The summed E-state index contributed by atoms with van der Waals surface area (Å²) in [5, 5.41) is 3.78. The number of ether oxygens (including phenoxy) is 1. The minimum absolute atomic E-state index is 0.0850. The summed E-state index contributed by atoms with van der Waals surface area (Å²) >= 11 is 6.08. The molecule has 0 atom stereocenters. The Morgan fingerprint density at radius 1 is 1.13 bits per heavy atom. The van der Waals surface area contributed by atoms with Crippen molar-refractivity contribution in [3.8, 4) is 0 Å². The lowest BCUT2D eigenvalue weighted by Gasteiger charge is -2.28. The third-order valence-corrected chi connectivity index (χ3v) is 5.36. The number of amides is 2. The Hall–Kier alpha value is -3.16. The standard InChI is InChI=1S/C23H23ClN4O3/c1-27(23(30)19-14-21(24)26-20-5-3-2-4-18(19)20)15-22(29)25-16-6-8-17(9-7-16)28-10-12-31-13-11-28/h2-9,14H,10-13,15H2,1H3,(H,25,29). The molecule has 0 radical (unpaired) electrons. The smallest absolute Gasteiger partial charge is 0.254 e. The van der Waals surface area contributed by atoms with Crippen LogP contribution in [0, 0.1) is 0 Å². The van der Waals surface area contributed by atoms with E-state index in [1.165, 1.54) is 11.0 Å². The Morgan fingerprint density at radius 3 is 2.58 bits per heavy atom. The normalized spacial score (nSPS) is 13.8. The van der Waals surface area contributed by atoms with Crippen LogP contribution in [-0.4, -0.2) is 61.6 Å². The first-order valence-electron chi connectivity index (χ1n) is 10.0. The highest BCUT2D eigenvalue weighted by molar-refractivity contribution is 6.30. The van der Waals surface area contributed by atoms with Crippen LogP contribution in [0.4, 0.5) is 11.4 Å². The summed E-state index contributed by atoms with van der Waals surface area (Å²) in [6.45, 7) is 3.06. The summed E-state index contributed by atoms with van der Waals surface area (Å²) in [5.74, 6) is -0.572. The van der Waals surface area contributed by atoms with E-state index >= 15 is 0 Å². The number of pyridine rings is 1. The zero-order chi connectivity index (χ0) is 21.8. The van der Waals surface area contributed by atoms with Gasteiger partial charge in [0.1, 0.15) is 5.15 Å². The molecular formula is C23H23ClN4O3. The number of anilines is 2. The van der Waals surface area contributed by atoms with Crippen LogP contribution in [0.25, 0.3) is 10.9 Å². The van der Waals surface area contributed by atoms with Crippen molar-refractivity contribution in [2.75, 3.05) is 50.1 Å². The highest BCUT2D eigenvalue weighted by Crippen LogP contribution is 2.22. The van der Waals surface area contributed by atoms with E-state index in [1.807, 2.05) is 42.5 Å². The average Bonchev–Trinajstić information content (AvgIpc) is 2.79. The molecule has 2 amide bonds. The predicted molar refractivity (Wildman–Crippen MR) is 122 cm³/mol. The number of likely N-dealkylation sites (N-methyl/N-ethyl adjacent to an activating group) is 1. The van der Waals surface area contributed by atoms with Gasteiger partial charge in [-0.05, 0) is 36.4 Å². The summed E-state index contributed by atoms with van der Waals surface area (Å²) in [4.78, 5) is 33.3. The average molecular weight is 439 g/mol. The lowest BCUT2D eigenvalue weighted by atomic mass is 10.1. The first-order valence-corrected chi connectivity index (χ1v) is 10.4. The molecule has 2 aromatic carbocycles. The Balaban J connectivity index is 1.40. The molecule has 4 rings (SSSR count). The van der Waals surface area contributed by atoms with Gasteiger partial charge < -0.3 is 19.9 Å². The molecule has 8 heteroatoms. The fourth-order valence-corrected chi connectivity index (χ4v) is 3.79. The van der Waals surface area contributed by atoms with Crippen LogP contribution < -0.4 is 10.2 Å².